The smallest absolute Gasteiger partial charge is 0.465 e. The van der Waals surface area contributed by atoms with Gasteiger partial charge in [0.2, 0.25) is 0 Å². The van der Waals surface area contributed by atoms with Gasteiger partial charge in [0.25, 0.3) is 0 Å². The van der Waals surface area contributed by atoms with Crippen LogP contribution in [-0.2, 0) is 27.2 Å². The number of alkyl halides is 1. The lowest BCUT2D eigenvalue weighted by Gasteiger charge is -2.22. The number of unbranched alkanes of at least 4 members (excludes halogenated alkanes) is 3. The minimum absolute atomic E-state index is 0.234. The minimum Gasteiger partial charge on any atom is -0.465 e. The van der Waals surface area contributed by atoms with Gasteiger partial charge in [-0.05, 0) is 33.1 Å². The molecule has 0 atom stereocenters. The molecule has 6 nitrogen and oxygen atoms in total. The predicted octanol–water partition coefficient (Wildman–Crippen LogP) is 2.65. The highest BCUT2D eigenvalue weighted by Gasteiger charge is 2.41. The summed E-state index contributed by atoms with van der Waals surface area (Å²) in [5.41, 5.74) is 0. The van der Waals surface area contributed by atoms with Crippen LogP contribution in [0.5, 0.6) is 0 Å². The summed E-state index contributed by atoms with van der Waals surface area (Å²) in [6.07, 6.45) is 3.68. The molecule has 0 aliphatic carbocycles. The van der Waals surface area contributed by atoms with Crippen molar-refractivity contribution in [2.45, 2.75) is 43.9 Å². The van der Waals surface area contributed by atoms with Gasteiger partial charge in [-0.2, -0.15) is 0 Å². The normalized spacial score (nSPS) is 12.5. The number of esters is 1. The zero-order valence-corrected chi connectivity index (χ0v) is 16.2. The van der Waals surface area contributed by atoms with Crippen LogP contribution >= 0.6 is 15.9 Å². The van der Waals surface area contributed by atoms with Crippen LogP contribution in [0.3, 0.4) is 0 Å². The Balaban J connectivity index is 3.59. The summed E-state index contributed by atoms with van der Waals surface area (Å²) >= 11 is 3.26. The number of halogens is 1. The van der Waals surface area contributed by atoms with Crippen molar-refractivity contribution in [3.63, 3.8) is 0 Å². The van der Waals surface area contributed by atoms with Crippen LogP contribution < -0.4 is 0 Å². The van der Waals surface area contributed by atoms with Crippen molar-refractivity contribution in [3.05, 3.63) is 0 Å². The molecule has 8 heteroatoms. The fourth-order valence-electron chi connectivity index (χ4n) is 1.52. The topological polar surface area (TPSA) is 63.2 Å². The highest BCUT2D eigenvalue weighted by molar-refractivity contribution is 9.10. The van der Waals surface area contributed by atoms with Gasteiger partial charge in [0.1, 0.15) is 4.32 Å². The van der Waals surface area contributed by atoms with Crippen molar-refractivity contribution in [2.75, 3.05) is 34.5 Å². The van der Waals surface area contributed by atoms with E-state index in [4.69, 9.17) is 22.4 Å². The standard InChI is InChI=1S/C13H27BrO6Si/c1-13(2,14)12(15)19-10-8-6-7-9-11-20-21(16-3,17-4)18-5/h6-11H2,1-5H3. The lowest BCUT2D eigenvalue weighted by Crippen LogP contribution is -2.46. The second-order valence-corrected chi connectivity index (χ2v) is 9.48. The molecular formula is C13H27BrO6Si. The minimum atomic E-state index is -2.90. The molecule has 0 unspecified atom stereocenters. The van der Waals surface area contributed by atoms with Crippen molar-refractivity contribution in [3.8, 4) is 0 Å². The van der Waals surface area contributed by atoms with E-state index < -0.39 is 13.4 Å². The first kappa shape index (κ1) is 21.0. The van der Waals surface area contributed by atoms with Gasteiger partial charge in [0, 0.05) is 27.9 Å². The van der Waals surface area contributed by atoms with E-state index in [2.05, 4.69) is 15.9 Å². The Kier molecular flexibility index (Phi) is 10.7. The number of carbonyl (C=O) groups is 1. The summed E-state index contributed by atoms with van der Waals surface area (Å²) in [7, 11) is 1.64. The fraction of sp³-hybridized carbons (Fsp3) is 0.923. The molecule has 0 aromatic carbocycles. The van der Waals surface area contributed by atoms with Crippen molar-refractivity contribution >= 4 is 30.9 Å². The van der Waals surface area contributed by atoms with Gasteiger partial charge in [-0.25, -0.2) is 0 Å². The van der Waals surface area contributed by atoms with Gasteiger partial charge in [-0.3, -0.25) is 4.79 Å². The lowest BCUT2D eigenvalue weighted by molar-refractivity contribution is -0.145. The van der Waals surface area contributed by atoms with Crippen molar-refractivity contribution in [1.29, 1.82) is 0 Å². The summed E-state index contributed by atoms with van der Waals surface area (Å²) in [6.45, 7) is 4.51. The van der Waals surface area contributed by atoms with Crippen LogP contribution in [0.25, 0.3) is 0 Å². The first-order chi connectivity index (χ1) is 9.81. The van der Waals surface area contributed by atoms with Crippen LogP contribution in [0.15, 0.2) is 0 Å². The average molecular weight is 387 g/mol. The fourth-order valence-corrected chi connectivity index (χ4v) is 2.88. The molecule has 126 valence electrons. The Morgan fingerprint density at radius 1 is 0.952 bits per heavy atom. The van der Waals surface area contributed by atoms with Crippen LogP contribution in [0.1, 0.15) is 39.5 Å². The van der Waals surface area contributed by atoms with Gasteiger partial charge < -0.3 is 22.4 Å². The molecule has 0 saturated heterocycles. The molecule has 0 bridgehead atoms. The zero-order chi connectivity index (χ0) is 16.4. The third kappa shape index (κ3) is 8.89. The van der Waals surface area contributed by atoms with Gasteiger partial charge in [-0.15, -0.1) is 0 Å². The summed E-state index contributed by atoms with van der Waals surface area (Å²) in [5, 5.41) is 0. The van der Waals surface area contributed by atoms with E-state index in [9.17, 15) is 4.79 Å². The molecule has 0 fully saturated rings. The van der Waals surface area contributed by atoms with E-state index in [0.717, 1.165) is 25.7 Å². The van der Waals surface area contributed by atoms with E-state index in [1.165, 1.54) is 21.3 Å². The van der Waals surface area contributed by atoms with Crippen LogP contribution in [0, 0.1) is 0 Å². The maximum Gasteiger partial charge on any atom is 0.678 e. The van der Waals surface area contributed by atoms with Gasteiger partial charge >= 0.3 is 15.0 Å². The highest BCUT2D eigenvalue weighted by Crippen LogP contribution is 2.17. The third-order valence-corrected chi connectivity index (χ3v) is 5.17. The van der Waals surface area contributed by atoms with Crippen molar-refractivity contribution < 1.29 is 27.2 Å². The Morgan fingerprint density at radius 3 is 1.86 bits per heavy atom. The van der Waals surface area contributed by atoms with E-state index in [1.54, 1.807) is 13.8 Å². The summed E-state index contributed by atoms with van der Waals surface area (Å²) in [5.74, 6) is -0.234. The second kappa shape index (κ2) is 10.7. The van der Waals surface area contributed by atoms with E-state index in [1.807, 2.05) is 0 Å². The first-order valence-corrected chi connectivity index (χ1v) is 9.39. The molecule has 0 rings (SSSR count). The average Bonchev–Trinajstić information content (AvgIpc) is 2.45. The molecule has 0 heterocycles. The molecule has 0 aliphatic rings. The van der Waals surface area contributed by atoms with Crippen molar-refractivity contribution in [1.82, 2.24) is 0 Å². The third-order valence-electron chi connectivity index (χ3n) is 2.79. The Bertz CT molecular complexity index is 283. The molecule has 0 aliphatic heterocycles. The summed E-state index contributed by atoms with van der Waals surface area (Å²) in [6, 6.07) is 0. The van der Waals surface area contributed by atoms with E-state index in [0.29, 0.717) is 13.2 Å². The molecule has 0 amide bonds. The summed E-state index contributed by atoms with van der Waals surface area (Å²) in [4.78, 5) is 11.5. The molecule has 0 N–H and O–H groups in total. The quantitative estimate of drug-likeness (QED) is 0.222. The Morgan fingerprint density at radius 2 is 1.43 bits per heavy atom. The van der Waals surface area contributed by atoms with E-state index in [-0.39, 0.29) is 5.97 Å². The SMILES string of the molecule is CO[Si](OC)(OC)OCCCCCCOC(=O)C(C)(C)Br. The maximum atomic E-state index is 11.5. The van der Waals surface area contributed by atoms with Gasteiger partial charge in [-0.1, -0.05) is 22.4 Å². The predicted molar refractivity (Wildman–Crippen MR) is 85.2 cm³/mol. The molecule has 0 radical (unpaired) electrons. The molecule has 0 aromatic rings. The second-order valence-electron chi connectivity index (χ2n) is 4.98. The van der Waals surface area contributed by atoms with Crippen LogP contribution in [-0.4, -0.2) is 53.9 Å². The van der Waals surface area contributed by atoms with Gasteiger partial charge in [0.15, 0.2) is 0 Å². The molecule has 21 heavy (non-hydrogen) atoms. The number of carbonyl (C=O) groups excluding carboxylic acids is 1. The molecule has 0 saturated carbocycles. The molecule has 0 aromatic heterocycles. The van der Waals surface area contributed by atoms with Crippen LogP contribution in [0.4, 0.5) is 0 Å². The molecule has 0 spiro atoms. The van der Waals surface area contributed by atoms with E-state index >= 15 is 0 Å². The maximum absolute atomic E-state index is 11.5. The monoisotopic (exact) mass is 386 g/mol. The lowest BCUT2D eigenvalue weighted by atomic mass is 10.2. The number of hydrogen-bond donors (Lipinski definition) is 0. The first-order valence-electron chi connectivity index (χ1n) is 6.97. The van der Waals surface area contributed by atoms with Gasteiger partial charge in [0.05, 0.1) is 6.61 Å². The molecular weight excluding hydrogens is 360 g/mol. The number of hydrogen-bond acceptors (Lipinski definition) is 6. The zero-order valence-electron chi connectivity index (χ0n) is 13.6. The summed E-state index contributed by atoms with van der Waals surface area (Å²) < 4.78 is 25.5. The number of ether oxygens (including phenoxy) is 1. The Labute approximate surface area is 137 Å². The number of rotatable bonds is 12. The highest BCUT2D eigenvalue weighted by atomic mass is 79.9. The van der Waals surface area contributed by atoms with Crippen molar-refractivity contribution in [2.24, 2.45) is 0 Å². The Hall–Kier alpha value is 0.00688. The largest absolute Gasteiger partial charge is 0.678 e. The van der Waals surface area contributed by atoms with Crippen LogP contribution in [0.2, 0.25) is 0 Å².